The number of carbonyl (C=O) groups is 2. The number of hydrogen-bond donors (Lipinski definition) is 2. The van der Waals surface area contributed by atoms with Crippen LogP contribution in [0.4, 0.5) is 8.78 Å². The molecule has 0 saturated carbocycles. The van der Waals surface area contributed by atoms with Gasteiger partial charge in [0.2, 0.25) is 11.8 Å². The van der Waals surface area contributed by atoms with Crippen molar-refractivity contribution in [3.63, 3.8) is 0 Å². The first kappa shape index (κ1) is 20.8. The van der Waals surface area contributed by atoms with E-state index in [1.165, 1.54) is 13.1 Å². The quantitative estimate of drug-likeness (QED) is 0.617. The van der Waals surface area contributed by atoms with Crippen LogP contribution in [0.15, 0.2) is 46.9 Å². The Morgan fingerprint density at radius 1 is 1.15 bits per heavy atom. The van der Waals surface area contributed by atoms with Crippen molar-refractivity contribution >= 4 is 27.7 Å². The van der Waals surface area contributed by atoms with Gasteiger partial charge < -0.3 is 15.4 Å². The highest BCUT2D eigenvalue weighted by Crippen LogP contribution is 2.24. The Morgan fingerprint density at radius 3 is 2.56 bits per heavy atom. The number of ether oxygens (including phenoxy) is 1. The van der Waals surface area contributed by atoms with E-state index in [0.717, 1.165) is 16.6 Å². The predicted octanol–water partition coefficient (Wildman–Crippen LogP) is 3.49. The highest BCUT2D eigenvalue weighted by atomic mass is 79.9. The minimum atomic E-state index is -1.11. The molecule has 5 nitrogen and oxygen atoms in total. The van der Waals surface area contributed by atoms with Crippen molar-refractivity contribution in [3.8, 4) is 5.75 Å². The summed E-state index contributed by atoms with van der Waals surface area (Å²) in [5.74, 6) is -2.37. The van der Waals surface area contributed by atoms with Crippen LogP contribution in [0.3, 0.4) is 0 Å². The maximum absolute atomic E-state index is 13.4. The van der Waals surface area contributed by atoms with E-state index in [0.29, 0.717) is 18.8 Å². The molecule has 144 valence electrons. The third-order valence-electron chi connectivity index (χ3n) is 3.73. The van der Waals surface area contributed by atoms with Crippen LogP contribution in [0.1, 0.15) is 24.4 Å². The zero-order valence-electron chi connectivity index (χ0n) is 14.6. The molecule has 8 heteroatoms. The van der Waals surface area contributed by atoms with E-state index in [2.05, 4.69) is 26.6 Å². The van der Waals surface area contributed by atoms with Crippen LogP contribution in [-0.4, -0.2) is 25.5 Å². The fraction of sp³-hybridized carbons (Fsp3) is 0.263. The Hall–Kier alpha value is -2.48. The lowest BCUT2D eigenvalue weighted by molar-refractivity contribution is -0.129. The SMILES string of the molecule is CNC(=O)C(NC(=O)CCCOc1ccccc1Br)c1ccc(F)c(F)c1. The molecular formula is C19H19BrF2N2O3. The van der Waals surface area contributed by atoms with Crippen LogP contribution >= 0.6 is 15.9 Å². The molecule has 0 aliphatic carbocycles. The van der Waals surface area contributed by atoms with Gasteiger partial charge in [0.1, 0.15) is 11.8 Å². The lowest BCUT2D eigenvalue weighted by Crippen LogP contribution is -2.39. The lowest BCUT2D eigenvalue weighted by Gasteiger charge is -2.18. The molecule has 0 saturated heterocycles. The summed E-state index contributed by atoms with van der Waals surface area (Å²) in [5, 5.41) is 4.93. The lowest BCUT2D eigenvalue weighted by atomic mass is 10.1. The number of amides is 2. The van der Waals surface area contributed by atoms with Crippen LogP contribution < -0.4 is 15.4 Å². The average molecular weight is 441 g/mol. The van der Waals surface area contributed by atoms with Crippen molar-refractivity contribution in [2.75, 3.05) is 13.7 Å². The second-order valence-corrected chi connectivity index (χ2v) is 6.53. The minimum Gasteiger partial charge on any atom is -0.492 e. The molecule has 0 bridgehead atoms. The van der Waals surface area contributed by atoms with Gasteiger partial charge in [-0.3, -0.25) is 9.59 Å². The van der Waals surface area contributed by atoms with Crippen LogP contribution in [-0.2, 0) is 9.59 Å². The summed E-state index contributed by atoms with van der Waals surface area (Å²) >= 11 is 3.36. The Labute approximate surface area is 164 Å². The van der Waals surface area contributed by atoms with Crippen LogP contribution in [0.2, 0.25) is 0 Å². The molecule has 0 fully saturated rings. The minimum absolute atomic E-state index is 0.113. The molecule has 2 aromatic carbocycles. The molecule has 2 rings (SSSR count). The smallest absolute Gasteiger partial charge is 0.246 e. The van der Waals surface area contributed by atoms with E-state index in [-0.39, 0.29) is 12.0 Å². The number of carbonyl (C=O) groups excluding carboxylic acids is 2. The highest BCUT2D eigenvalue weighted by Gasteiger charge is 2.22. The first-order valence-corrected chi connectivity index (χ1v) is 9.05. The molecule has 0 aliphatic rings. The van der Waals surface area contributed by atoms with Crippen molar-refractivity contribution < 1.29 is 23.1 Å². The summed E-state index contributed by atoms with van der Waals surface area (Å²) in [5.41, 5.74) is 0.158. The van der Waals surface area contributed by atoms with Gasteiger partial charge in [-0.1, -0.05) is 18.2 Å². The first-order valence-electron chi connectivity index (χ1n) is 8.25. The molecule has 0 aromatic heterocycles. The van der Waals surface area contributed by atoms with Crippen molar-refractivity contribution in [2.45, 2.75) is 18.9 Å². The van der Waals surface area contributed by atoms with E-state index >= 15 is 0 Å². The summed E-state index contributed by atoms with van der Waals surface area (Å²) in [6, 6.07) is 9.30. The summed E-state index contributed by atoms with van der Waals surface area (Å²) in [6.45, 7) is 0.311. The molecule has 0 spiro atoms. The van der Waals surface area contributed by atoms with Gasteiger partial charge in [0, 0.05) is 13.5 Å². The van der Waals surface area contributed by atoms with E-state index in [1.807, 2.05) is 18.2 Å². The van der Waals surface area contributed by atoms with Crippen molar-refractivity contribution in [2.24, 2.45) is 0 Å². The zero-order valence-corrected chi connectivity index (χ0v) is 16.2. The van der Waals surface area contributed by atoms with Gasteiger partial charge in [-0.25, -0.2) is 8.78 Å². The monoisotopic (exact) mass is 440 g/mol. The summed E-state index contributed by atoms with van der Waals surface area (Å²) < 4.78 is 32.9. The normalized spacial score (nSPS) is 11.6. The molecule has 2 N–H and O–H groups in total. The molecule has 0 radical (unpaired) electrons. The fourth-order valence-corrected chi connectivity index (χ4v) is 2.75. The van der Waals surface area contributed by atoms with E-state index in [1.54, 1.807) is 6.07 Å². The maximum Gasteiger partial charge on any atom is 0.246 e. The number of rotatable bonds is 8. The van der Waals surface area contributed by atoms with Crippen LogP contribution in [0, 0.1) is 11.6 Å². The van der Waals surface area contributed by atoms with E-state index in [4.69, 9.17) is 4.74 Å². The number of benzene rings is 2. The molecule has 2 aromatic rings. The molecule has 0 heterocycles. The predicted molar refractivity (Wildman–Crippen MR) is 100 cm³/mol. The summed E-state index contributed by atoms with van der Waals surface area (Å²) in [6.07, 6.45) is 0.535. The zero-order chi connectivity index (χ0) is 19.8. The van der Waals surface area contributed by atoms with Crippen molar-refractivity contribution in [1.29, 1.82) is 0 Å². The van der Waals surface area contributed by atoms with Gasteiger partial charge >= 0.3 is 0 Å². The van der Waals surface area contributed by atoms with Gasteiger partial charge in [0.15, 0.2) is 11.6 Å². The molecular weight excluding hydrogens is 422 g/mol. The second kappa shape index (κ2) is 10.0. The van der Waals surface area contributed by atoms with Gasteiger partial charge in [-0.05, 0) is 52.2 Å². The maximum atomic E-state index is 13.4. The number of nitrogens with one attached hydrogen (secondary N) is 2. The average Bonchev–Trinajstić information content (AvgIpc) is 2.66. The molecule has 1 atom stereocenters. The van der Waals surface area contributed by atoms with Gasteiger partial charge in [0.05, 0.1) is 11.1 Å². The summed E-state index contributed by atoms with van der Waals surface area (Å²) in [7, 11) is 1.40. The largest absolute Gasteiger partial charge is 0.492 e. The number of likely N-dealkylation sites (N-methyl/N-ethyl adjacent to an activating group) is 1. The third kappa shape index (κ3) is 6.02. The summed E-state index contributed by atoms with van der Waals surface area (Å²) in [4.78, 5) is 24.2. The molecule has 1 unspecified atom stereocenters. The molecule has 0 aliphatic heterocycles. The van der Waals surface area contributed by atoms with Crippen LogP contribution in [0.5, 0.6) is 5.75 Å². The Bertz CT molecular complexity index is 817. The fourth-order valence-electron chi connectivity index (χ4n) is 2.35. The van der Waals surface area contributed by atoms with E-state index < -0.39 is 29.5 Å². The second-order valence-electron chi connectivity index (χ2n) is 5.67. The van der Waals surface area contributed by atoms with Gasteiger partial charge in [-0.15, -0.1) is 0 Å². The van der Waals surface area contributed by atoms with E-state index in [9.17, 15) is 18.4 Å². The van der Waals surface area contributed by atoms with Gasteiger partial charge in [0.25, 0.3) is 0 Å². The Morgan fingerprint density at radius 2 is 1.89 bits per heavy atom. The third-order valence-corrected chi connectivity index (χ3v) is 4.39. The number of hydrogen-bond acceptors (Lipinski definition) is 3. The Balaban J connectivity index is 1.91. The molecule has 27 heavy (non-hydrogen) atoms. The van der Waals surface area contributed by atoms with Crippen molar-refractivity contribution in [1.82, 2.24) is 10.6 Å². The first-order chi connectivity index (χ1) is 12.9. The standard InChI is InChI=1S/C19H19BrF2N2O3/c1-23-19(26)18(12-8-9-14(21)15(22)11-12)24-17(25)7-4-10-27-16-6-3-2-5-13(16)20/h2-3,5-6,8-9,11,18H,4,7,10H2,1H3,(H,23,26)(H,24,25). The van der Waals surface area contributed by atoms with Crippen LogP contribution in [0.25, 0.3) is 0 Å². The Kier molecular flexibility index (Phi) is 7.72. The highest BCUT2D eigenvalue weighted by molar-refractivity contribution is 9.10. The van der Waals surface area contributed by atoms with Gasteiger partial charge in [-0.2, -0.15) is 0 Å². The molecule has 2 amide bonds. The topological polar surface area (TPSA) is 67.4 Å². The number of halogens is 3. The number of para-hydroxylation sites is 1. The van der Waals surface area contributed by atoms with Crippen molar-refractivity contribution in [3.05, 3.63) is 64.1 Å².